The van der Waals surface area contributed by atoms with Gasteiger partial charge in [0.25, 0.3) is 5.69 Å². The van der Waals surface area contributed by atoms with E-state index >= 15 is 0 Å². The average molecular weight is 378 g/mol. The number of anilines is 2. The standard InChI is InChI=1S/C20H18N4O4/c1-28-20-21-14-13-18(22-20)23(16-8-10-17(11-9-16)24(26)27)19(25)12-7-15-5-3-2-4-6-15/h2-6,8-11,13-14H,7,12H2,1H3. The summed E-state index contributed by atoms with van der Waals surface area (Å²) in [5.74, 6) is 0.136. The number of aryl methyl sites for hydroxylation is 1. The molecule has 1 amide bonds. The minimum atomic E-state index is -0.487. The van der Waals surface area contributed by atoms with Gasteiger partial charge in [0.2, 0.25) is 5.91 Å². The van der Waals surface area contributed by atoms with Gasteiger partial charge in [0.15, 0.2) is 0 Å². The van der Waals surface area contributed by atoms with Crippen LogP contribution >= 0.6 is 0 Å². The second kappa shape index (κ2) is 8.72. The topological polar surface area (TPSA) is 98.5 Å². The first-order chi connectivity index (χ1) is 13.6. The number of aromatic nitrogens is 2. The first-order valence-corrected chi connectivity index (χ1v) is 8.57. The normalized spacial score (nSPS) is 10.3. The molecule has 0 spiro atoms. The lowest BCUT2D eigenvalue weighted by Gasteiger charge is -2.22. The molecule has 0 saturated heterocycles. The number of nitrogens with zero attached hydrogens (tertiary/aromatic N) is 4. The molecule has 8 nitrogen and oxygen atoms in total. The van der Waals surface area contributed by atoms with Crippen molar-refractivity contribution in [1.29, 1.82) is 0 Å². The van der Waals surface area contributed by atoms with Crippen LogP contribution in [-0.4, -0.2) is 27.9 Å². The van der Waals surface area contributed by atoms with Gasteiger partial charge in [-0.05, 0) is 24.1 Å². The molecule has 142 valence electrons. The van der Waals surface area contributed by atoms with Crippen LogP contribution in [0.25, 0.3) is 0 Å². The molecular weight excluding hydrogens is 360 g/mol. The van der Waals surface area contributed by atoms with E-state index < -0.39 is 4.92 Å². The summed E-state index contributed by atoms with van der Waals surface area (Å²) in [6.07, 6.45) is 2.29. The van der Waals surface area contributed by atoms with E-state index in [9.17, 15) is 14.9 Å². The fourth-order valence-electron chi connectivity index (χ4n) is 2.69. The zero-order chi connectivity index (χ0) is 19.9. The van der Waals surface area contributed by atoms with E-state index in [0.29, 0.717) is 17.9 Å². The second-order valence-electron chi connectivity index (χ2n) is 5.89. The molecule has 3 rings (SSSR count). The van der Waals surface area contributed by atoms with Gasteiger partial charge in [-0.15, -0.1) is 0 Å². The zero-order valence-corrected chi connectivity index (χ0v) is 15.2. The van der Waals surface area contributed by atoms with Gasteiger partial charge >= 0.3 is 6.01 Å². The van der Waals surface area contributed by atoms with Crippen LogP contribution in [0.1, 0.15) is 12.0 Å². The number of amides is 1. The van der Waals surface area contributed by atoms with E-state index in [-0.39, 0.29) is 24.0 Å². The second-order valence-corrected chi connectivity index (χ2v) is 5.89. The van der Waals surface area contributed by atoms with Gasteiger partial charge in [0, 0.05) is 30.8 Å². The van der Waals surface area contributed by atoms with Crippen molar-refractivity contribution in [2.45, 2.75) is 12.8 Å². The van der Waals surface area contributed by atoms with Crippen molar-refractivity contribution in [2.75, 3.05) is 12.0 Å². The molecule has 1 heterocycles. The molecule has 28 heavy (non-hydrogen) atoms. The number of hydrogen-bond donors (Lipinski definition) is 0. The summed E-state index contributed by atoms with van der Waals surface area (Å²) >= 11 is 0. The minimum Gasteiger partial charge on any atom is -0.467 e. The fraction of sp³-hybridized carbons (Fsp3) is 0.150. The predicted octanol–water partition coefficient (Wildman–Crippen LogP) is 3.69. The van der Waals surface area contributed by atoms with E-state index in [2.05, 4.69) is 9.97 Å². The number of methoxy groups -OCH3 is 1. The molecule has 0 unspecified atom stereocenters. The third-order valence-electron chi connectivity index (χ3n) is 4.07. The highest BCUT2D eigenvalue weighted by Crippen LogP contribution is 2.27. The molecule has 3 aromatic rings. The van der Waals surface area contributed by atoms with Gasteiger partial charge in [0.05, 0.1) is 17.7 Å². The van der Waals surface area contributed by atoms with Gasteiger partial charge in [-0.1, -0.05) is 30.3 Å². The van der Waals surface area contributed by atoms with E-state index in [1.165, 1.54) is 42.5 Å². The van der Waals surface area contributed by atoms with Crippen molar-refractivity contribution in [3.05, 3.63) is 82.5 Å². The van der Waals surface area contributed by atoms with Crippen LogP contribution in [0.15, 0.2) is 66.9 Å². The smallest absolute Gasteiger partial charge is 0.318 e. The number of ether oxygens (including phenoxy) is 1. The van der Waals surface area contributed by atoms with Crippen LogP contribution in [0, 0.1) is 10.1 Å². The van der Waals surface area contributed by atoms with Gasteiger partial charge in [-0.3, -0.25) is 19.8 Å². The Labute approximate surface area is 161 Å². The monoisotopic (exact) mass is 378 g/mol. The highest BCUT2D eigenvalue weighted by atomic mass is 16.6. The Kier molecular flexibility index (Phi) is 5.91. The number of nitro benzene ring substituents is 1. The van der Waals surface area contributed by atoms with Crippen LogP contribution < -0.4 is 9.64 Å². The summed E-state index contributed by atoms with van der Waals surface area (Å²) in [4.78, 5) is 33.1. The molecule has 0 aliphatic carbocycles. The van der Waals surface area contributed by atoms with Crippen LogP contribution in [0.5, 0.6) is 6.01 Å². The maximum Gasteiger partial charge on any atom is 0.318 e. The molecule has 0 saturated carbocycles. The van der Waals surface area contributed by atoms with Gasteiger partial charge in [-0.2, -0.15) is 4.98 Å². The Bertz CT molecular complexity index is 961. The lowest BCUT2D eigenvalue weighted by Crippen LogP contribution is -2.27. The van der Waals surface area contributed by atoms with E-state index in [1.54, 1.807) is 6.07 Å². The highest BCUT2D eigenvalue weighted by molar-refractivity contribution is 5.99. The summed E-state index contributed by atoms with van der Waals surface area (Å²) in [5.41, 5.74) is 1.46. The largest absolute Gasteiger partial charge is 0.467 e. The Balaban J connectivity index is 1.91. The summed E-state index contributed by atoms with van der Waals surface area (Å²) in [6, 6.07) is 17.1. The number of carbonyl (C=O) groups is 1. The highest BCUT2D eigenvalue weighted by Gasteiger charge is 2.21. The van der Waals surface area contributed by atoms with Crippen molar-refractivity contribution in [3.8, 4) is 6.01 Å². The van der Waals surface area contributed by atoms with Gasteiger partial charge in [-0.25, -0.2) is 4.98 Å². The molecule has 0 fully saturated rings. The summed E-state index contributed by atoms with van der Waals surface area (Å²) in [5, 5.41) is 10.9. The number of hydrogen-bond acceptors (Lipinski definition) is 6. The Morgan fingerprint density at radius 2 is 1.82 bits per heavy atom. The van der Waals surface area contributed by atoms with Crippen molar-refractivity contribution >= 4 is 23.1 Å². The fourth-order valence-corrected chi connectivity index (χ4v) is 2.69. The van der Waals surface area contributed by atoms with Crippen LogP contribution in [0.4, 0.5) is 17.2 Å². The van der Waals surface area contributed by atoms with E-state index in [4.69, 9.17) is 4.74 Å². The number of non-ortho nitro benzene ring substituents is 1. The average Bonchev–Trinajstić information content (AvgIpc) is 2.74. The first kappa shape index (κ1) is 19.0. The molecule has 8 heteroatoms. The van der Waals surface area contributed by atoms with E-state index in [0.717, 1.165) is 5.56 Å². The first-order valence-electron chi connectivity index (χ1n) is 8.57. The molecule has 2 aromatic carbocycles. The van der Waals surface area contributed by atoms with E-state index in [1.807, 2.05) is 30.3 Å². The zero-order valence-electron chi connectivity index (χ0n) is 15.2. The molecule has 0 atom stereocenters. The van der Waals surface area contributed by atoms with Crippen molar-refractivity contribution < 1.29 is 14.5 Å². The molecular formula is C20H18N4O4. The van der Waals surface area contributed by atoms with Crippen molar-refractivity contribution in [1.82, 2.24) is 9.97 Å². The number of nitro groups is 1. The Hall–Kier alpha value is -3.81. The SMILES string of the molecule is COc1nccc(N(C(=O)CCc2ccccc2)c2ccc([N+](=O)[O-])cc2)n1. The van der Waals surface area contributed by atoms with Crippen molar-refractivity contribution in [2.24, 2.45) is 0 Å². The van der Waals surface area contributed by atoms with Gasteiger partial charge in [0.1, 0.15) is 5.82 Å². The molecule has 0 radical (unpaired) electrons. The third kappa shape index (κ3) is 4.47. The van der Waals surface area contributed by atoms with Crippen LogP contribution in [-0.2, 0) is 11.2 Å². The summed E-state index contributed by atoms with van der Waals surface area (Å²) in [7, 11) is 1.44. The predicted molar refractivity (Wildman–Crippen MR) is 104 cm³/mol. The molecule has 1 aromatic heterocycles. The molecule has 0 aliphatic rings. The van der Waals surface area contributed by atoms with Crippen LogP contribution in [0.2, 0.25) is 0 Å². The lowest BCUT2D eigenvalue weighted by atomic mass is 10.1. The number of rotatable bonds is 7. The molecule has 0 aliphatic heterocycles. The maximum absolute atomic E-state index is 13.0. The maximum atomic E-state index is 13.0. The molecule has 0 N–H and O–H groups in total. The summed E-state index contributed by atoms with van der Waals surface area (Å²) in [6.45, 7) is 0. The van der Waals surface area contributed by atoms with Crippen molar-refractivity contribution in [3.63, 3.8) is 0 Å². The minimum absolute atomic E-state index is 0.0549. The Morgan fingerprint density at radius 1 is 1.11 bits per heavy atom. The Morgan fingerprint density at radius 3 is 2.46 bits per heavy atom. The quantitative estimate of drug-likeness (QED) is 0.459. The number of carbonyl (C=O) groups excluding carboxylic acids is 1. The third-order valence-corrected chi connectivity index (χ3v) is 4.07. The summed E-state index contributed by atoms with van der Waals surface area (Å²) < 4.78 is 5.05. The van der Waals surface area contributed by atoms with Crippen LogP contribution in [0.3, 0.4) is 0 Å². The lowest BCUT2D eigenvalue weighted by molar-refractivity contribution is -0.384. The van der Waals surface area contributed by atoms with Gasteiger partial charge < -0.3 is 4.74 Å². The molecule has 0 bridgehead atoms. The number of benzene rings is 2.